The van der Waals surface area contributed by atoms with E-state index < -0.39 is 0 Å². The topological polar surface area (TPSA) is 56.7 Å². The molecule has 1 amide bonds. The first-order chi connectivity index (χ1) is 12.1. The number of likely N-dealkylation sites (tertiary alicyclic amines) is 1. The van der Waals surface area contributed by atoms with Crippen molar-refractivity contribution in [2.45, 2.75) is 37.6 Å². The average Bonchev–Trinajstić information content (AvgIpc) is 3.06. The lowest BCUT2D eigenvalue weighted by atomic mass is 10.2. The normalized spacial score (nSPS) is 17.8. The highest BCUT2D eigenvalue weighted by atomic mass is 32.2. The van der Waals surface area contributed by atoms with E-state index in [-0.39, 0.29) is 11.9 Å². The van der Waals surface area contributed by atoms with Crippen LogP contribution in [0.1, 0.15) is 26.7 Å². The van der Waals surface area contributed by atoms with Gasteiger partial charge in [0, 0.05) is 49.8 Å². The van der Waals surface area contributed by atoms with Crippen molar-refractivity contribution < 1.29 is 4.79 Å². The van der Waals surface area contributed by atoms with E-state index in [9.17, 15) is 4.79 Å². The fourth-order valence-electron chi connectivity index (χ4n) is 2.91. The quantitative estimate of drug-likeness (QED) is 0.445. The van der Waals surface area contributed by atoms with Crippen molar-refractivity contribution in [3.05, 3.63) is 30.3 Å². The van der Waals surface area contributed by atoms with Gasteiger partial charge in [-0.15, -0.1) is 11.8 Å². The van der Waals surface area contributed by atoms with Gasteiger partial charge in [0.15, 0.2) is 5.96 Å². The first-order valence-corrected chi connectivity index (χ1v) is 10.00. The summed E-state index contributed by atoms with van der Waals surface area (Å²) < 4.78 is 0. The number of nitrogens with one attached hydrogen (secondary N) is 2. The highest BCUT2D eigenvalue weighted by molar-refractivity contribution is 7.99. The third kappa shape index (κ3) is 6.98. The molecular formula is C19H30N4OS. The molecule has 0 saturated carbocycles. The van der Waals surface area contributed by atoms with Gasteiger partial charge in [0.25, 0.3) is 0 Å². The maximum Gasteiger partial charge on any atom is 0.221 e. The minimum absolute atomic E-state index is 0.0801. The van der Waals surface area contributed by atoms with Crippen LogP contribution in [0, 0.1) is 5.92 Å². The smallest absolute Gasteiger partial charge is 0.221 e. The molecular weight excluding hydrogens is 332 g/mol. The number of carbonyl (C=O) groups is 1. The van der Waals surface area contributed by atoms with Crippen molar-refractivity contribution in [1.82, 2.24) is 15.5 Å². The van der Waals surface area contributed by atoms with E-state index in [1.165, 1.54) is 11.3 Å². The second-order valence-corrected chi connectivity index (χ2v) is 7.76. The van der Waals surface area contributed by atoms with Crippen molar-refractivity contribution in [2.75, 3.05) is 32.4 Å². The Labute approximate surface area is 155 Å². The fourth-order valence-corrected chi connectivity index (χ4v) is 3.96. The van der Waals surface area contributed by atoms with Gasteiger partial charge in [0.1, 0.15) is 0 Å². The molecule has 1 aliphatic rings. The molecule has 1 unspecified atom stereocenters. The Kier molecular flexibility index (Phi) is 8.12. The van der Waals surface area contributed by atoms with Gasteiger partial charge in [0.05, 0.1) is 0 Å². The van der Waals surface area contributed by atoms with Gasteiger partial charge < -0.3 is 15.5 Å². The summed E-state index contributed by atoms with van der Waals surface area (Å²) in [5.41, 5.74) is 0. The van der Waals surface area contributed by atoms with E-state index in [0.717, 1.165) is 24.8 Å². The SMILES string of the molecule is CN=C(NCCC(=O)NC(C)C)N1CCC(CSc2ccccc2)C1. The summed E-state index contributed by atoms with van der Waals surface area (Å²) in [5.74, 6) is 2.79. The zero-order chi connectivity index (χ0) is 18.1. The Morgan fingerprint density at radius 3 is 2.80 bits per heavy atom. The molecule has 1 saturated heterocycles. The van der Waals surface area contributed by atoms with Crippen LogP contribution in [0.5, 0.6) is 0 Å². The van der Waals surface area contributed by atoms with Crippen molar-refractivity contribution in [3.63, 3.8) is 0 Å². The first-order valence-electron chi connectivity index (χ1n) is 9.01. The van der Waals surface area contributed by atoms with Crippen molar-refractivity contribution in [3.8, 4) is 0 Å². The summed E-state index contributed by atoms with van der Waals surface area (Å²) in [6.45, 7) is 6.62. The van der Waals surface area contributed by atoms with Crippen LogP contribution in [0.4, 0.5) is 0 Å². The van der Waals surface area contributed by atoms with Gasteiger partial charge in [-0.1, -0.05) is 18.2 Å². The summed E-state index contributed by atoms with van der Waals surface area (Å²) in [5, 5.41) is 6.23. The van der Waals surface area contributed by atoms with E-state index in [4.69, 9.17) is 0 Å². The maximum absolute atomic E-state index is 11.7. The third-order valence-electron chi connectivity index (χ3n) is 4.11. The predicted molar refractivity (Wildman–Crippen MR) is 106 cm³/mol. The van der Waals surface area contributed by atoms with E-state index >= 15 is 0 Å². The summed E-state index contributed by atoms with van der Waals surface area (Å²) in [6.07, 6.45) is 1.66. The number of aliphatic imine (C=N–C) groups is 1. The number of benzene rings is 1. The summed E-state index contributed by atoms with van der Waals surface area (Å²) in [6, 6.07) is 10.8. The number of hydrogen-bond donors (Lipinski definition) is 2. The van der Waals surface area contributed by atoms with Crippen molar-refractivity contribution >= 4 is 23.6 Å². The highest BCUT2D eigenvalue weighted by Gasteiger charge is 2.24. The van der Waals surface area contributed by atoms with Crippen LogP contribution in [0.25, 0.3) is 0 Å². The van der Waals surface area contributed by atoms with Gasteiger partial charge in [-0.3, -0.25) is 9.79 Å². The molecule has 1 atom stereocenters. The van der Waals surface area contributed by atoms with Crippen LogP contribution < -0.4 is 10.6 Å². The summed E-state index contributed by atoms with van der Waals surface area (Å²) >= 11 is 1.93. The zero-order valence-corrected chi connectivity index (χ0v) is 16.3. The summed E-state index contributed by atoms with van der Waals surface area (Å²) in [7, 11) is 1.81. The van der Waals surface area contributed by atoms with Crippen LogP contribution >= 0.6 is 11.8 Å². The summed E-state index contributed by atoms with van der Waals surface area (Å²) in [4.78, 5) is 19.7. The lowest BCUT2D eigenvalue weighted by Gasteiger charge is -2.21. The van der Waals surface area contributed by atoms with Gasteiger partial charge in [-0.05, 0) is 38.3 Å². The van der Waals surface area contributed by atoms with Crippen LogP contribution in [0.2, 0.25) is 0 Å². The van der Waals surface area contributed by atoms with Crippen LogP contribution in [-0.2, 0) is 4.79 Å². The van der Waals surface area contributed by atoms with Gasteiger partial charge in [-0.2, -0.15) is 0 Å². The molecule has 0 spiro atoms. The third-order valence-corrected chi connectivity index (χ3v) is 5.35. The lowest BCUT2D eigenvalue weighted by molar-refractivity contribution is -0.121. The first kappa shape index (κ1) is 19.6. The second-order valence-electron chi connectivity index (χ2n) is 6.67. The van der Waals surface area contributed by atoms with Crippen LogP contribution in [-0.4, -0.2) is 55.2 Å². The molecule has 1 aliphatic heterocycles. The molecule has 25 heavy (non-hydrogen) atoms. The molecule has 0 aliphatic carbocycles. The molecule has 1 aromatic carbocycles. The molecule has 1 fully saturated rings. The second kappa shape index (κ2) is 10.3. The molecule has 0 bridgehead atoms. The molecule has 5 nitrogen and oxygen atoms in total. The van der Waals surface area contributed by atoms with E-state index in [1.807, 2.05) is 32.7 Å². The van der Waals surface area contributed by atoms with Gasteiger partial charge in [0.2, 0.25) is 5.91 Å². The minimum Gasteiger partial charge on any atom is -0.356 e. The molecule has 1 heterocycles. The Bertz CT molecular complexity index is 562. The predicted octanol–water partition coefficient (Wildman–Crippen LogP) is 2.59. The maximum atomic E-state index is 11.7. The molecule has 2 rings (SSSR count). The molecule has 0 aromatic heterocycles. The standard InChI is InChI=1S/C19H30N4OS/c1-15(2)22-18(24)9-11-21-19(20-3)23-12-10-16(13-23)14-25-17-7-5-4-6-8-17/h4-8,15-16H,9-14H2,1-3H3,(H,20,21)(H,22,24). The number of guanidine groups is 1. The van der Waals surface area contributed by atoms with Crippen LogP contribution in [0.3, 0.4) is 0 Å². The zero-order valence-electron chi connectivity index (χ0n) is 15.5. The van der Waals surface area contributed by atoms with Gasteiger partial charge in [-0.25, -0.2) is 0 Å². The molecule has 0 radical (unpaired) electrons. The average molecular weight is 363 g/mol. The highest BCUT2D eigenvalue weighted by Crippen LogP contribution is 2.25. The lowest BCUT2D eigenvalue weighted by Crippen LogP contribution is -2.42. The number of amides is 1. The largest absolute Gasteiger partial charge is 0.356 e. The van der Waals surface area contributed by atoms with E-state index in [0.29, 0.717) is 18.9 Å². The molecule has 2 N–H and O–H groups in total. The Morgan fingerprint density at radius 2 is 2.12 bits per heavy atom. The number of hydrogen-bond acceptors (Lipinski definition) is 3. The number of nitrogens with zero attached hydrogens (tertiary/aromatic N) is 2. The van der Waals surface area contributed by atoms with E-state index in [1.54, 1.807) is 0 Å². The number of rotatable bonds is 7. The Morgan fingerprint density at radius 1 is 1.36 bits per heavy atom. The van der Waals surface area contributed by atoms with Crippen molar-refractivity contribution in [1.29, 1.82) is 0 Å². The number of carbonyl (C=O) groups excluding carboxylic acids is 1. The monoisotopic (exact) mass is 362 g/mol. The Balaban J connectivity index is 1.70. The Hall–Kier alpha value is -1.69. The van der Waals surface area contributed by atoms with Crippen LogP contribution in [0.15, 0.2) is 40.2 Å². The molecule has 6 heteroatoms. The molecule has 138 valence electrons. The van der Waals surface area contributed by atoms with Crippen molar-refractivity contribution in [2.24, 2.45) is 10.9 Å². The minimum atomic E-state index is 0.0801. The number of thioether (sulfide) groups is 1. The fraction of sp³-hybridized carbons (Fsp3) is 0.579. The van der Waals surface area contributed by atoms with E-state index in [2.05, 4.69) is 50.9 Å². The van der Waals surface area contributed by atoms with Gasteiger partial charge >= 0.3 is 0 Å². The molecule has 1 aromatic rings.